The van der Waals surface area contributed by atoms with Crippen LogP contribution in [-0.4, -0.2) is 47.2 Å². The fraction of sp³-hybridized carbons (Fsp3) is 0.318. The third-order valence-corrected chi connectivity index (χ3v) is 5.54. The zero-order valence-corrected chi connectivity index (χ0v) is 15.2. The average Bonchev–Trinajstić information content (AvgIpc) is 3.59. The first-order chi connectivity index (χ1) is 13.3. The number of piperazine rings is 1. The van der Waals surface area contributed by atoms with Crippen LogP contribution in [0.3, 0.4) is 0 Å². The standard InChI is InChI=1S/C22H22N4O/c27-22(17-6-7-17)26-13-11-25(12-14-26)21-10-9-20(23-24-21)19-8-5-16-3-1-2-4-18(16)15-19/h1-5,8-10,15,17H,6-7,11-14H2. The van der Waals surface area contributed by atoms with E-state index in [0.717, 1.165) is 56.1 Å². The molecule has 1 aliphatic carbocycles. The normalized spacial score (nSPS) is 17.3. The largest absolute Gasteiger partial charge is 0.352 e. The van der Waals surface area contributed by atoms with E-state index in [0.29, 0.717) is 11.8 Å². The van der Waals surface area contributed by atoms with Crippen molar-refractivity contribution in [3.05, 3.63) is 54.6 Å². The van der Waals surface area contributed by atoms with Gasteiger partial charge in [-0.25, -0.2) is 0 Å². The summed E-state index contributed by atoms with van der Waals surface area (Å²) < 4.78 is 0. The molecule has 0 spiro atoms. The van der Waals surface area contributed by atoms with Gasteiger partial charge in [-0.1, -0.05) is 36.4 Å². The molecule has 0 N–H and O–H groups in total. The number of fused-ring (bicyclic) bond motifs is 1. The molecule has 5 heteroatoms. The molecule has 5 rings (SSSR count). The van der Waals surface area contributed by atoms with Crippen LogP contribution in [0, 0.1) is 5.92 Å². The Morgan fingerprint density at radius 1 is 0.852 bits per heavy atom. The number of anilines is 1. The molecule has 1 saturated heterocycles. The van der Waals surface area contributed by atoms with Crippen molar-refractivity contribution in [3.63, 3.8) is 0 Å². The quantitative estimate of drug-likeness (QED) is 0.720. The van der Waals surface area contributed by atoms with Gasteiger partial charge in [0.15, 0.2) is 5.82 Å². The summed E-state index contributed by atoms with van der Waals surface area (Å²) in [5, 5.41) is 11.3. The Balaban J connectivity index is 1.29. The Bertz CT molecular complexity index is 973. The third-order valence-electron chi connectivity index (χ3n) is 5.54. The maximum atomic E-state index is 12.2. The van der Waals surface area contributed by atoms with Crippen molar-refractivity contribution >= 4 is 22.5 Å². The summed E-state index contributed by atoms with van der Waals surface area (Å²) >= 11 is 0. The van der Waals surface area contributed by atoms with Crippen LogP contribution in [0.15, 0.2) is 54.6 Å². The monoisotopic (exact) mass is 358 g/mol. The number of aromatic nitrogens is 2. The van der Waals surface area contributed by atoms with Crippen molar-refractivity contribution in [2.45, 2.75) is 12.8 Å². The zero-order chi connectivity index (χ0) is 18.2. The molecular weight excluding hydrogens is 336 g/mol. The zero-order valence-electron chi connectivity index (χ0n) is 15.2. The molecule has 1 saturated carbocycles. The van der Waals surface area contributed by atoms with Gasteiger partial charge in [-0.05, 0) is 41.8 Å². The number of amides is 1. The summed E-state index contributed by atoms with van der Waals surface area (Å²) in [5.41, 5.74) is 1.96. The molecule has 2 heterocycles. The minimum Gasteiger partial charge on any atom is -0.352 e. The molecule has 1 aliphatic heterocycles. The van der Waals surface area contributed by atoms with E-state index < -0.39 is 0 Å². The predicted molar refractivity (Wildman–Crippen MR) is 106 cm³/mol. The minimum atomic E-state index is 0.303. The fourth-order valence-corrected chi connectivity index (χ4v) is 3.74. The van der Waals surface area contributed by atoms with Crippen LogP contribution in [-0.2, 0) is 4.79 Å². The van der Waals surface area contributed by atoms with Gasteiger partial charge in [0.25, 0.3) is 0 Å². The molecule has 2 fully saturated rings. The Morgan fingerprint density at radius 3 is 2.33 bits per heavy atom. The Morgan fingerprint density at radius 2 is 1.63 bits per heavy atom. The summed E-state index contributed by atoms with van der Waals surface area (Å²) in [5.74, 6) is 1.53. The third kappa shape index (κ3) is 3.25. The van der Waals surface area contributed by atoms with E-state index >= 15 is 0 Å². The van der Waals surface area contributed by atoms with Gasteiger partial charge < -0.3 is 9.80 Å². The van der Waals surface area contributed by atoms with Gasteiger partial charge in [-0.2, -0.15) is 0 Å². The van der Waals surface area contributed by atoms with E-state index in [1.165, 1.54) is 10.8 Å². The first-order valence-electron chi connectivity index (χ1n) is 9.64. The molecule has 0 bridgehead atoms. The highest BCUT2D eigenvalue weighted by Gasteiger charge is 2.34. The highest BCUT2D eigenvalue weighted by Crippen LogP contribution is 2.31. The van der Waals surface area contributed by atoms with Crippen LogP contribution in [0.1, 0.15) is 12.8 Å². The maximum Gasteiger partial charge on any atom is 0.225 e. The number of nitrogens with zero attached hydrogens (tertiary/aromatic N) is 4. The minimum absolute atomic E-state index is 0.303. The lowest BCUT2D eigenvalue weighted by Crippen LogP contribution is -2.49. The highest BCUT2D eigenvalue weighted by atomic mass is 16.2. The molecule has 1 amide bonds. The van der Waals surface area contributed by atoms with Crippen LogP contribution in [0.25, 0.3) is 22.0 Å². The molecular formula is C22H22N4O. The van der Waals surface area contributed by atoms with Gasteiger partial charge in [0.05, 0.1) is 5.69 Å². The molecule has 3 aromatic rings. The molecule has 0 atom stereocenters. The topological polar surface area (TPSA) is 49.3 Å². The van der Waals surface area contributed by atoms with E-state index in [1.807, 2.05) is 17.0 Å². The lowest BCUT2D eigenvalue weighted by atomic mass is 10.1. The molecule has 1 aromatic heterocycles. The van der Waals surface area contributed by atoms with Crippen LogP contribution in [0.2, 0.25) is 0 Å². The summed E-state index contributed by atoms with van der Waals surface area (Å²) in [4.78, 5) is 16.4. The number of hydrogen-bond acceptors (Lipinski definition) is 4. The van der Waals surface area contributed by atoms with Crippen LogP contribution in [0.4, 0.5) is 5.82 Å². The van der Waals surface area contributed by atoms with Gasteiger partial charge in [-0.15, -0.1) is 10.2 Å². The summed E-state index contributed by atoms with van der Waals surface area (Å²) in [7, 11) is 0. The molecule has 27 heavy (non-hydrogen) atoms. The predicted octanol–water partition coefficient (Wildman–Crippen LogP) is 3.36. The smallest absolute Gasteiger partial charge is 0.225 e. The number of hydrogen-bond donors (Lipinski definition) is 0. The van der Waals surface area contributed by atoms with Crippen molar-refractivity contribution in [1.29, 1.82) is 0 Å². The molecule has 2 aliphatic rings. The van der Waals surface area contributed by atoms with E-state index in [9.17, 15) is 4.79 Å². The van der Waals surface area contributed by atoms with E-state index in [4.69, 9.17) is 0 Å². The number of benzene rings is 2. The van der Waals surface area contributed by atoms with Gasteiger partial charge in [0.2, 0.25) is 5.91 Å². The van der Waals surface area contributed by atoms with E-state index in [2.05, 4.69) is 57.6 Å². The summed E-state index contributed by atoms with van der Waals surface area (Å²) in [6, 6.07) is 18.8. The second-order valence-corrected chi connectivity index (χ2v) is 7.43. The summed E-state index contributed by atoms with van der Waals surface area (Å²) in [6.45, 7) is 3.21. The second-order valence-electron chi connectivity index (χ2n) is 7.43. The fourth-order valence-electron chi connectivity index (χ4n) is 3.74. The molecule has 0 radical (unpaired) electrons. The first-order valence-corrected chi connectivity index (χ1v) is 9.64. The Labute approximate surface area is 158 Å². The van der Waals surface area contributed by atoms with Crippen LogP contribution >= 0.6 is 0 Å². The van der Waals surface area contributed by atoms with E-state index in [1.54, 1.807) is 0 Å². The molecule has 136 valence electrons. The van der Waals surface area contributed by atoms with Gasteiger partial charge in [0, 0.05) is 37.7 Å². The van der Waals surface area contributed by atoms with Crippen LogP contribution in [0.5, 0.6) is 0 Å². The SMILES string of the molecule is O=C(C1CC1)N1CCN(c2ccc(-c3ccc4ccccc4c3)nn2)CC1. The van der Waals surface area contributed by atoms with Gasteiger partial charge in [0.1, 0.15) is 0 Å². The molecule has 2 aromatic carbocycles. The number of rotatable bonds is 3. The number of carbonyl (C=O) groups excluding carboxylic acids is 1. The Hall–Kier alpha value is -2.95. The summed E-state index contributed by atoms with van der Waals surface area (Å²) in [6.07, 6.45) is 2.14. The lowest BCUT2D eigenvalue weighted by molar-refractivity contribution is -0.132. The molecule has 0 unspecified atom stereocenters. The van der Waals surface area contributed by atoms with Crippen LogP contribution < -0.4 is 4.90 Å². The van der Waals surface area contributed by atoms with Crippen molar-refractivity contribution in [2.24, 2.45) is 5.92 Å². The Kier molecular flexibility index (Phi) is 4.00. The van der Waals surface area contributed by atoms with Crippen molar-refractivity contribution < 1.29 is 4.79 Å². The highest BCUT2D eigenvalue weighted by molar-refractivity contribution is 5.86. The van der Waals surface area contributed by atoms with Gasteiger partial charge in [-0.3, -0.25) is 4.79 Å². The van der Waals surface area contributed by atoms with Crippen molar-refractivity contribution in [1.82, 2.24) is 15.1 Å². The van der Waals surface area contributed by atoms with E-state index in [-0.39, 0.29) is 0 Å². The lowest BCUT2D eigenvalue weighted by Gasteiger charge is -2.35. The first kappa shape index (κ1) is 16.2. The van der Waals surface area contributed by atoms with Crippen molar-refractivity contribution in [3.8, 4) is 11.3 Å². The molecule has 5 nitrogen and oxygen atoms in total. The maximum absolute atomic E-state index is 12.2. The number of carbonyl (C=O) groups is 1. The second kappa shape index (κ2) is 6.65. The van der Waals surface area contributed by atoms with Gasteiger partial charge >= 0.3 is 0 Å². The average molecular weight is 358 g/mol. The van der Waals surface area contributed by atoms with Crippen molar-refractivity contribution in [2.75, 3.05) is 31.1 Å².